The van der Waals surface area contributed by atoms with Gasteiger partial charge in [0.1, 0.15) is 6.04 Å². The average molecular weight is 236 g/mol. The maximum atomic E-state index is 11.7. The molecule has 0 aromatic heterocycles. The summed E-state index contributed by atoms with van der Waals surface area (Å²) in [5.74, 6) is -0.258. The number of hydrogen-bond donors (Lipinski definition) is 3. The SMILES string of the molecule is CCCC(O)CNC(=O)[C@@H](N)c1ccccc1. The molecule has 0 saturated heterocycles. The number of rotatable bonds is 6. The van der Waals surface area contributed by atoms with Gasteiger partial charge in [0.2, 0.25) is 5.91 Å². The summed E-state index contributed by atoms with van der Waals surface area (Å²) in [6, 6.07) is 8.51. The number of carbonyl (C=O) groups is 1. The highest BCUT2D eigenvalue weighted by atomic mass is 16.3. The van der Waals surface area contributed by atoms with Crippen LogP contribution in [0, 0.1) is 0 Å². The fourth-order valence-corrected chi connectivity index (χ4v) is 1.58. The molecule has 0 spiro atoms. The Bertz CT molecular complexity index is 341. The summed E-state index contributed by atoms with van der Waals surface area (Å²) in [6.07, 6.45) is 1.08. The van der Waals surface area contributed by atoms with E-state index in [4.69, 9.17) is 5.73 Å². The van der Waals surface area contributed by atoms with Crippen LogP contribution in [0.4, 0.5) is 0 Å². The fourth-order valence-electron chi connectivity index (χ4n) is 1.58. The van der Waals surface area contributed by atoms with Gasteiger partial charge in [0.15, 0.2) is 0 Å². The number of aliphatic hydroxyl groups is 1. The second kappa shape index (κ2) is 7.04. The van der Waals surface area contributed by atoms with E-state index in [-0.39, 0.29) is 12.5 Å². The fraction of sp³-hybridized carbons (Fsp3) is 0.462. The molecule has 1 aromatic carbocycles. The van der Waals surface area contributed by atoms with E-state index in [1.807, 2.05) is 37.3 Å². The summed E-state index contributed by atoms with van der Waals surface area (Å²) in [7, 11) is 0. The molecule has 0 fully saturated rings. The first-order valence-corrected chi connectivity index (χ1v) is 5.91. The van der Waals surface area contributed by atoms with Crippen molar-refractivity contribution < 1.29 is 9.90 Å². The first kappa shape index (κ1) is 13.7. The van der Waals surface area contributed by atoms with E-state index in [0.29, 0.717) is 6.42 Å². The Morgan fingerprint density at radius 1 is 1.41 bits per heavy atom. The third-order valence-corrected chi connectivity index (χ3v) is 2.57. The van der Waals surface area contributed by atoms with E-state index in [0.717, 1.165) is 12.0 Å². The molecule has 17 heavy (non-hydrogen) atoms. The smallest absolute Gasteiger partial charge is 0.241 e. The summed E-state index contributed by atoms with van der Waals surface area (Å²) in [5.41, 5.74) is 6.58. The van der Waals surface area contributed by atoms with Gasteiger partial charge in [0.05, 0.1) is 6.10 Å². The minimum absolute atomic E-state index is 0.257. The second-order valence-corrected chi connectivity index (χ2v) is 4.08. The zero-order valence-corrected chi connectivity index (χ0v) is 10.1. The normalized spacial score (nSPS) is 14.1. The van der Waals surface area contributed by atoms with Crippen LogP contribution < -0.4 is 11.1 Å². The summed E-state index contributed by atoms with van der Waals surface area (Å²) in [5, 5.41) is 12.1. The number of benzene rings is 1. The average Bonchev–Trinajstić information content (AvgIpc) is 2.36. The minimum atomic E-state index is -0.676. The molecule has 1 rings (SSSR count). The molecule has 4 nitrogen and oxygen atoms in total. The van der Waals surface area contributed by atoms with Crippen LogP contribution in [-0.4, -0.2) is 23.7 Å². The van der Waals surface area contributed by atoms with Crippen LogP contribution in [0.2, 0.25) is 0 Å². The Labute approximate surface area is 102 Å². The highest BCUT2D eigenvalue weighted by Crippen LogP contribution is 2.09. The van der Waals surface area contributed by atoms with Crippen LogP contribution >= 0.6 is 0 Å². The molecule has 2 atom stereocenters. The standard InChI is InChI=1S/C13H20N2O2/c1-2-6-11(16)9-15-13(17)12(14)10-7-4-3-5-8-10/h3-5,7-8,11-12,16H,2,6,9,14H2,1H3,(H,15,17)/t11?,12-/m0/s1. The van der Waals surface area contributed by atoms with Crippen molar-refractivity contribution >= 4 is 5.91 Å². The topological polar surface area (TPSA) is 75.3 Å². The highest BCUT2D eigenvalue weighted by molar-refractivity contribution is 5.82. The number of aliphatic hydroxyl groups excluding tert-OH is 1. The maximum absolute atomic E-state index is 11.7. The number of amides is 1. The lowest BCUT2D eigenvalue weighted by atomic mass is 10.1. The lowest BCUT2D eigenvalue weighted by molar-refractivity contribution is -0.123. The van der Waals surface area contributed by atoms with Gasteiger partial charge in [-0.05, 0) is 12.0 Å². The van der Waals surface area contributed by atoms with Crippen molar-refractivity contribution in [1.29, 1.82) is 0 Å². The van der Waals surface area contributed by atoms with E-state index in [2.05, 4.69) is 5.32 Å². The van der Waals surface area contributed by atoms with Gasteiger partial charge < -0.3 is 16.2 Å². The van der Waals surface area contributed by atoms with Crippen molar-refractivity contribution in [3.63, 3.8) is 0 Å². The van der Waals surface area contributed by atoms with Gasteiger partial charge in [0.25, 0.3) is 0 Å². The summed E-state index contributed by atoms with van der Waals surface area (Å²) in [6.45, 7) is 2.24. The van der Waals surface area contributed by atoms with Gasteiger partial charge in [-0.25, -0.2) is 0 Å². The Morgan fingerprint density at radius 2 is 2.06 bits per heavy atom. The molecular weight excluding hydrogens is 216 g/mol. The van der Waals surface area contributed by atoms with Gasteiger partial charge >= 0.3 is 0 Å². The lowest BCUT2D eigenvalue weighted by Gasteiger charge is -2.15. The van der Waals surface area contributed by atoms with Gasteiger partial charge in [0, 0.05) is 6.54 Å². The summed E-state index contributed by atoms with van der Waals surface area (Å²) in [4.78, 5) is 11.7. The zero-order valence-electron chi connectivity index (χ0n) is 10.1. The molecule has 1 aromatic rings. The first-order valence-electron chi connectivity index (χ1n) is 5.91. The van der Waals surface area contributed by atoms with E-state index in [9.17, 15) is 9.90 Å². The monoisotopic (exact) mass is 236 g/mol. The van der Waals surface area contributed by atoms with Crippen LogP contribution in [0.25, 0.3) is 0 Å². The molecular formula is C13H20N2O2. The Balaban J connectivity index is 2.43. The highest BCUT2D eigenvalue weighted by Gasteiger charge is 2.15. The number of nitrogens with two attached hydrogens (primary N) is 1. The second-order valence-electron chi connectivity index (χ2n) is 4.08. The molecule has 0 heterocycles. The third-order valence-electron chi connectivity index (χ3n) is 2.57. The predicted octanol–water partition coefficient (Wildman–Crippen LogP) is 0.964. The van der Waals surface area contributed by atoms with Gasteiger partial charge in [-0.1, -0.05) is 43.7 Å². The Morgan fingerprint density at radius 3 is 2.65 bits per heavy atom. The van der Waals surface area contributed by atoms with E-state index in [1.54, 1.807) is 0 Å². The van der Waals surface area contributed by atoms with E-state index in [1.165, 1.54) is 0 Å². The first-order chi connectivity index (χ1) is 8.15. The van der Waals surface area contributed by atoms with Crippen molar-refractivity contribution in [3.8, 4) is 0 Å². The molecule has 4 heteroatoms. The predicted molar refractivity (Wildman–Crippen MR) is 67.3 cm³/mol. The molecule has 1 unspecified atom stereocenters. The van der Waals surface area contributed by atoms with Gasteiger partial charge in [-0.2, -0.15) is 0 Å². The summed E-state index contributed by atoms with van der Waals surface area (Å²) >= 11 is 0. The van der Waals surface area contributed by atoms with Crippen LogP contribution in [0.1, 0.15) is 31.4 Å². The van der Waals surface area contributed by atoms with Gasteiger partial charge in [-0.15, -0.1) is 0 Å². The Hall–Kier alpha value is -1.39. The quantitative estimate of drug-likeness (QED) is 0.688. The molecule has 1 amide bonds. The number of nitrogens with one attached hydrogen (secondary N) is 1. The van der Waals surface area contributed by atoms with Crippen molar-refractivity contribution in [2.75, 3.05) is 6.54 Å². The van der Waals surface area contributed by atoms with Gasteiger partial charge in [-0.3, -0.25) is 4.79 Å². The largest absolute Gasteiger partial charge is 0.391 e. The van der Waals surface area contributed by atoms with Crippen molar-refractivity contribution in [1.82, 2.24) is 5.32 Å². The van der Waals surface area contributed by atoms with Crippen molar-refractivity contribution in [2.24, 2.45) is 5.73 Å². The molecule has 0 aliphatic carbocycles. The lowest BCUT2D eigenvalue weighted by Crippen LogP contribution is -2.38. The molecule has 0 saturated carbocycles. The van der Waals surface area contributed by atoms with Crippen molar-refractivity contribution in [2.45, 2.75) is 31.9 Å². The van der Waals surface area contributed by atoms with Crippen LogP contribution in [-0.2, 0) is 4.79 Å². The molecule has 4 N–H and O–H groups in total. The van der Waals surface area contributed by atoms with Crippen LogP contribution in [0.5, 0.6) is 0 Å². The Kier molecular flexibility index (Phi) is 5.66. The summed E-state index contributed by atoms with van der Waals surface area (Å²) < 4.78 is 0. The third kappa shape index (κ3) is 4.54. The zero-order chi connectivity index (χ0) is 12.7. The molecule has 94 valence electrons. The molecule has 0 aliphatic rings. The van der Waals surface area contributed by atoms with Crippen molar-refractivity contribution in [3.05, 3.63) is 35.9 Å². The van der Waals surface area contributed by atoms with Crippen LogP contribution in [0.15, 0.2) is 30.3 Å². The molecule has 0 bridgehead atoms. The van der Waals surface area contributed by atoms with Crippen LogP contribution in [0.3, 0.4) is 0 Å². The number of carbonyl (C=O) groups excluding carboxylic acids is 1. The molecule has 0 radical (unpaired) electrons. The maximum Gasteiger partial charge on any atom is 0.241 e. The minimum Gasteiger partial charge on any atom is -0.391 e. The molecule has 0 aliphatic heterocycles. The van der Waals surface area contributed by atoms with E-state index >= 15 is 0 Å². The van der Waals surface area contributed by atoms with E-state index < -0.39 is 12.1 Å². The number of hydrogen-bond acceptors (Lipinski definition) is 3.